The number of fused-ring (bicyclic) bond motifs is 1. The van der Waals surface area contributed by atoms with Gasteiger partial charge >= 0.3 is 0 Å². The summed E-state index contributed by atoms with van der Waals surface area (Å²) in [6.45, 7) is 3.91. The summed E-state index contributed by atoms with van der Waals surface area (Å²) in [5, 5.41) is 1.32. The van der Waals surface area contributed by atoms with Gasteiger partial charge in [-0.1, -0.05) is 79.5 Å². The average Bonchev–Trinajstić information content (AvgIpc) is 2.76. The molecule has 5 heteroatoms. The van der Waals surface area contributed by atoms with E-state index in [0.29, 0.717) is 32.7 Å². The van der Waals surface area contributed by atoms with Gasteiger partial charge in [0.2, 0.25) is 0 Å². The van der Waals surface area contributed by atoms with Gasteiger partial charge in [-0.25, -0.2) is 0 Å². The van der Waals surface area contributed by atoms with Crippen LogP contribution in [0.3, 0.4) is 0 Å². The number of nitrogens with two attached hydrogens (primary N) is 1. The van der Waals surface area contributed by atoms with E-state index in [1.165, 1.54) is 23.0 Å². The molecule has 0 bridgehead atoms. The minimum absolute atomic E-state index is 0.230. The molecule has 0 saturated carbocycles. The van der Waals surface area contributed by atoms with Crippen LogP contribution in [0.4, 0.5) is 0 Å². The maximum atomic E-state index is 12.8. The van der Waals surface area contributed by atoms with Gasteiger partial charge in [0.05, 0.1) is 5.56 Å². The smallest absolute Gasteiger partial charge is 0.263 e. The number of hydrogen-bond acceptors (Lipinski definition) is 2. The Morgan fingerprint density at radius 3 is 2.13 bits per heavy atom. The molecule has 4 aromatic rings. The van der Waals surface area contributed by atoms with Gasteiger partial charge in [0, 0.05) is 27.2 Å². The van der Waals surface area contributed by atoms with E-state index in [2.05, 4.69) is 37.3 Å². The van der Waals surface area contributed by atoms with Crippen LogP contribution < -0.4 is 11.3 Å². The highest BCUT2D eigenvalue weighted by Crippen LogP contribution is 2.24. The lowest BCUT2D eigenvalue weighted by molar-refractivity contribution is 0.100. The van der Waals surface area contributed by atoms with Crippen molar-refractivity contribution in [3.63, 3.8) is 0 Å². The van der Waals surface area contributed by atoms with E-state index in [1.807, 2.05) is 18.2 Å². The fourth-order valence-electron chi connectivity index (χ4n) is 3.62. The Morgan fingerprint density at radius 1 is 0.935 bits per heavy atom. The van der Waals surface area contributed by atoms with Crippen molar-refractivity contribution in [2.24, 2.45) is 5.73 Å². The SMILES string of the molecule is CCCc1ccccc1.Cc1c(C(N)=O)c2ccc(Cl)cc2c(=O)n1-c1ccccc1. The van der Waals surface area contributed by atoms with Crippen LogP contribution >= 0.6 is 11.6 Å². The molecule has 0 spiro atoms. The Bertz CT molecular complexity index is 1250. The summed E-state index contributed by atoms with van der Waals surface area (Å²) in [7, 11) is 0. The number of pyridine rings is 1. The predicted octanol–water partition coefficient (Wildman–Crippen LogP) is 5.69. The summed E-state index contributed by atoms with van der Waals surface area (Å²) >= 11 is 6.00. The van der Waals surface area contributed by atoms with E-state index in [9.17, 15) is 9.59 Å². The molecule has 2 N–H and O–H groups in total. The van der Waals surface area contributed by atoms with Gasteiger partial charge in [-0.15, -0.1) is 0 Å². The molecule has 3 aromatic carbocycles. The van der Waals surface area contributed by atoms with Crippen molar-refractivity contribution in [3.8, 4) is 5.69 Å². The second kappa shape index (κ2) is 10.1. The normalized spacial score (nSPS) is 10.4. The average molecular weight is 433 g/mol. The molecule has 1 amide bonds. The van der Waals surface area contributed by atoms with E-state index in [-0.39, 0.29) is 5.56 Å². The van der Waals surface area contributed by atoms with Crippen molar-refractivity contribution in [2.75, 3.05) is 0 Å². The monoisotopic (exact) mass is 432 g/mol. The molecular formula is C26H25ClN2O2. The number of carbonyl (C=O) groups is 1. The number of para-hydroxylation sites is 1. The molecule has 4 nitrogen and oxygen atoms in total. The molecule has 0 aliphatic carbocycles. The van der Waals surface area contributed by atoms with E-state index < -0.39 is 5.91 Å². The third-order valence-corrected chi connectivity index (χ3v) is 5.26. The highest BCUT2D eigenvalue weighted by atomic mass is 35.5. The van der Waals surface area contributed by atoms with Crippen molar-refractivity contribution >= 4 is 28.3 Å². The number of nitrogens with zero attached hydrogens (tertiary/aromatic N) is 1. The molecule has 0 fully saturated rings. The summed E-state index contributed by atoms with van der Waals surface area (Å²) in [6.07, 6.45) is 2.45. The zero-order chi connectivity index (χ0) is 22.4. The topological polar surface area (TPSA) is 65.1 Å². The molecule has 0 aliphatic rings. The van der Waals surface area contributed by atoms with Crippen LogP contribution in [-0.4, -0.2) is 10.5 Å². The molecule has 158 valence electrons. The number of benzene rings is 3. The van der Waals surface area contributed by atoms with Crippen LogP contribution in [-0.2, 0) is 6.42 Å². The van der Waals surface area contributed by atoms with Gasteiger partial charge in [0.25, 0.3) is 11.5 Å². The second-order valence-electron chi connectivity index (χ2n) is 7.23. The minimum atomic E-state index is -0.575. The molecule has 0 unspecified atom stereocenters. The van der Waals surface area contributed by atoms with Crippen molar-refractivity contribution in [3.05, 3.63) is 111 Å². The van der Waals surface area contributed by atoms with Crippen LogP contribution in [0.1, 0.15) is 35.0 Å². The van der Waals surface area contributed by atoms with Crippen molar-refractivity contribution in [1.82, 2.24) is 4.57 Å². The Kier molecular flexibility index (Phi) is 7.27. The molecule has 0 aliphatic heterocycles. The van der Waals surface area contributed by atoms with Crippen molar-refractivity contribution in [2.45, 2.75) is 26.7 Å². The van der Waals surface area contributed by atoms with Gasteiger partial charge in [-0.05, 0) is 43.2 Å². The second-order valence-corrected chi connectivity index (χ2v) is 7.66. The fraction of sp³-hybridized carbons (Fsp3) is 0.154. The van der Waals surface area contributed by atoms with Crippen LogP contribution in [0.5, 0.6) is 0 Å². The number of aromatic nitrogens is 1. The maximum Gasteiger partial charge on any atom is 0.263 e. The van der Waals surface area contributed by atoms with Crippen molar-refractivity contribution in [1.29, 1.82) is 0 Å². The van der Waals surface area contributed by atoms with Crippen molar-refractivity contribution < 1.29 is 4.79 Å². The third-order valence-electron chi connectivity index (χ3n) is 5.02. The molecule has 0 saturated heterocycles. The highest BCUT2D eigenvalue weighted by molar-refractivity contribution is 6.31. The lowest BCUT2D eigenvalue weighted by Crippen LogP contribution is -2.26. The molecule has 1 aromatic heterocycles. The predicted molar refractivity (Wildman–Crippen MR) is 128 cm³/mol. The number of primary amides is 1. The van der Waals surface area contributed by atoms with Gasteiger partial charge < -0.3 is 5.73 Å². The number of aryl methyl sites for hydroxylation is 1. The molecule has 0 atom stereocenters. The summed E-state index contributed by atoms with van der Waals surface area (Å²) in [4.78, 5) is 24.7. The van der Waals surface area contributed by atoms with Crippen LogP contribution in [0.15, 0.2) is 83.7 Å². The Hall–Kier alpha value is -3.37. The largest absolute Gasteiger partial charge is 0.366 e. The third kappa shape index (κ3) is 5.04. The standard InChI is InChI=1S/C17H13ClN2O2.C9H12/c1-10-15(16(19)21)13-8-7-11(18)9-14(13)17(22)20(10)12-5-3-2-4-6-12;1-2-6-9-7-4-3-5-8-9/h2-9H,1H3,(H2,19,21);3-5,7-8H,2,6H2,1H3. The van der Waals surface area contributed by atoms with E-state index >= 15 is 0 Å². The zero-order valence-electron chi connectivity index (χ0n) is 17.6. The van der Waals surface area contributed by atoms with Crippen LogP contribution in [0, 0.1) is 6.92 Å². The van der Waals surface area contributed by atoms with E-state index in [0.717, 1.165) is 0 Å². The number of amides is 1. The van der Waals surface area contributed by atoms with Gasteiger partial charge in [0.15, 0.2) is 0 Å². The maximum absolute atomic E-state index is 12.8. The van der Waals surface area contributed by atoms with E-state index in [1.54, 1.807) is 37.3 Å². The fourth-order valence-corrected chi connectivity index (χ4v) is 3.80. The summed E-state index contributed by atoms with van der Waals surface area (Å²) in [5.74, 6) is -0.575. The number of hydrogen-bond donors (Lipinski definition) is 1. The Labute approximate surface area is 186 Å². The van der Waals surface area contributed by atoms with Crippen LogP contribution in [0.2, 0.25) is 5.02 Å². The minimum Gasteiger partial charge on any atom is -0.366 e. The number of rotatable bonds is 4. The van der Waals surface area contributed by atoms with E-state index in [4.69, 9.17) is 17.3 Å². The first-order valence-corrected chi connectivity index (χ1v) is 10.6. The summed E-state index contributed by atoms with van der Waals surface area (Å²) in [5.41, 5.74) is 8.26. The number of halogens is 1. The Balaban J connectivity index is 0.000000254. The molecule has 4 rings (SSSR count). The summed E-state index contributed by atoms with van der Waals surface area (Å²) < 4.78 is 1.48. The first-order valence-electron chi connectivity index (χ1n) is 10.2. The van der Waals surface area contributed by atoms with Crippen LogP contribution in [0.25, 0.3) is 16.5 Å². The zero-order valence-corrected chi connectivity index (χ0v) is 18.4. The Morgan fingerprint density at radius 2 is 1.55 bits per heavy atom. The molecule has 0 radical (unpaired) electrons. The van der Waals surface area contributed by atoms with Gasteiger partial charge in [-0.2, -0.15) is 0 Å². The molecule has 31 heavy (non-hydrogen) atoms. The molecular weight excluding hydrogens is 408 g/mol. The lowest BCUT2D eigenvalue weighted by atomic mass is 10.0. The molecule has 1 heterocycles. The first-order chi connectivity index (χ1) is 14.9. The lowest BCUT2D eigenvalue weighted by Gasteiger charge is -2.15. The highest BCUT2D eigenvalue weighted by Gasteiger charge is 2.18. The quantitative estimate of drug-likeness (QED) is 0.450. The number of carbonyl (C=O) groups excluding carboxylic acids is 1. The summed E-state index contributed by atoms with van der Waals surface area (Å²) in [6, 6.07) is 24.5. The van der Waals surface area contributed by atoms with Gasteiger partial charge in [0.1, 0.15) is 0 Å². The first kappa shape index (κ1) is 22.3. The van der Waals surface area contributed by atoms with Gasteiger partial charge in [-0.3, -0.25) is 14.2 Å².